The molecule has 0 atom stereocenters. The molecule has 0 saturated heterocycles. The molecular formula is C28H37N3O2. The van der Waals surface area contributed by atoms with Gasteiger partial charge in [0.2, 0.25) is 0 Å². The average molecular weight is 448 g/mol. The van der Waals surface area contributed by atoms with Crippen molar-refractivity contribution in [2.75, 3.05) is 0 Å². The summed E-state index contributed by atoms with van der Waals surface area (Å²) in [7, 11) is 0. The Kier molecular flexibility index (Phi) is 6.51. The van der Waals surface area contributed by atoms with Gasteiger partial charge in [0.1, 0.15) is 0 Å². The van der Waals surface area contributed by atoms with Gasteiger partial charge in [-0.1, -0.05) is 26.7 Å². The number of hydrogen-bond acceptors (Lipinski definition) is 2. The van der Waals surface area contributed by atoms with Crippen LogP contribution in [0.1, 0.15) is 95.9 Å². The number of hydrogen-bond donors (Lipinski definition) is 1. The van der Waals surface area contributed by atoms with Crippen LogP contribution in [0.15, 0.2) is 12.1 Å². The van der Waals surface area contributed by atoms with E-state index in [1.807, 2.05) is 13.8 Å². The van der Waals surface area contributed by atoms with Crippen molar-refractivity contribution in [3.05, 3.63) is 46.0 Å². The first kappa shape index (κ1) is 23.3. The van der Waals surface area contributed by atoms with E-state index in [2.05, 4.69) is 53.9 Å². The minimum absolute atomic E-state index is 0.0635. The monoisotopic (exact) mass is 447 g/mol. The maximum absolute atomic E-state index is 13.5. The van der Waals surface area contributed by atoms with Gasteiger partial charge in [0.15, 0.2) is 11.6 Å². The molecule has 176 valence electrons. The molecule has 0 saturated carbocycles. The SMILES string of the molecule is CCCCn1c(C)c2c(c1C)-c1ccc([nH]1)-c1c(c(C)n(CCCC)c1C)C(=O)CCC2=O. The van der Waals surface area contributed by atoms with E-state index in [0.29, 0.717) is 0 Å². The van der Waals surface area contributed by atoms with Gasteiger partial charge in [0, 0.05) is 82.3 Å². The van der Waals surface area contributed by atoms with Crippen LogP contribution in [-0.2, 0) is 13.1 Å². The van der Waals surface area contributed by atoms with Gasteiger partial charge in [-0.15, -0.1) is 0 Å². The van der Waals surface area contributed by atoms with Crippen LogP contribution >= 0.6 is 0 Å². The molecule has 4 rings (SSSR count). The van der Waals surface area contributed by atoms with E-state index in [-0.39, 0.29) is 24.4 Å². The van der Waals surface area contributed by atoms with Crippen LogP contribution in [0.25, 0.3) is 22.5 Å². The van der Waals surface area contributed by atoms with Crippen LogP contribution in [-0.4, -0.2) is 25.7 Å². The quantitative estimate of drug-likeness (QED) is 0.445. The van der Waals surface area contributed by atoms with Crippen molar-refractivity contribution in [2.24, 2.45) is 0 Å². The highest BCUT2D eigenvalue weighted by molar-refractivity contribution is 6.09. The zero-order valence-corrected chi connectivity index (χ0v) is 21.0. The molecule has 5 nitrogen and oxygen atoms in total. The Balaban J connectivity index is 1.94. The first-order valence-corrected chi connectivity index (χ1v) is 12.5. The fraction of sp³-hybridized carbons (Fsp3) is 0.500. The number of aromatic nitrogens is 3. The summed E-state index contributed by atoms with van der Waals surface area (Å²) in [5.74, 6) is 0.127. The van der Waals surface area contributed by atoms with Crippen LogP contribution in [0, 0.1) is 27.7 Å². The van der Waals surface area contributed by atoms with E-state index in [4.69, 9.17) is 0 Å². The molecule has 33 heavy (non-hydrogen) atoms. The van der Waals surface area contributed by atoms with Gasteiger partial charge in [-0.2, -0.15) is 0 Å². The third kappa shape index (κ3) is 3.81. The fourth-order valence-electron chi connectivity index (χ4n) is 5.58. The summed E-state index contributed by atoms with van der Waals surface area (Å²) < 4.78 is 4.56. The van der Waals surface area contributed by atoms with Crippen molar-refractivity contribution < 1.29 is 9.59 Å². The number of rotatable bonds is 6. The van der Waals surface area contributed by atoms with Crippen LogP contribution in [0.5, 0.6) is 0 Å². The van der Waals surface area contributed by atoms with Crippen molar-refractivity contribution in [3.63, 3.8) is 0 Å². The number of carbonyl (C=O) groups excluding carboxylic acids is 2. The number of ketones is 2. The standard InChI is InChI=1S/C28H37N3O2/c1-7-9-15-30-17(3)25-21-11-12-22(29-21)26-18(4)31(16-10-8-2)20(6)28(26)24(33)14-13-23(32)27(25)19(30)5/h11-12,29H,7-10,13-16H2,1-6H3. The lowest BCUT2D eigenvalue weighted by atomic mass is 9.95. The molecule has 3 aromatic heterocycles. The first-order valence-electron chi connectivity index (χ1n) is 12.5. The molecule has 1 N–H and O–H groups in total. The van der Waals surface area contributed by atoms with E-state index in [1.165, 1.54) is 0 Å². The van der Waals surface area contributed by atoms with E-state index in [1.54, 1.807) is 0 Å². The maximum Gasteiger partial charge on any atom is 0.165 e. The lowest BCUT2D eigenvalue weighted by Gasteiger charge is -2.09. The summed E-state index contributed by atoms with van der Waals surface area (Å²) in [5.41, 5.74) is 9.74. The van der Waals surface area contributed by atoms with Crippen LogP contribution < -0.4 is 0 Å². The van der Waals surface area contributed by atoms with Crippen LogP contribution in [0.3, 0.4) is 0 Å². The second-order valence-electron chi connectivity index (χ2n) is 9.48. The Morgan fingerprint density at radius 2 is 1.03 bits per heavy atom. The Labute approximate surface area is 197 Å². The summed E-state index contributed by atoms with van der Waals surface area (Å²) in [6.45, 7) is 14.5. The number of nitrogens with zero attached hydrogens (tertiary/aromatic N) is 2. The summed E-state index contributed by atoms with van der Waals surface area (Å²) >= 11 is 0. The van der Waals surface area contributed by atoms with Gasteiger partial charge in [0.05, 0.1) is 0 Å². The van der Waals surface area contributed by atoms with Crippen molar-refractivity contribution in [1.82, 2.24) is 14.1 Å². The lowest BCUT2D eigenvalue weighted by molar-refractivity contribution is 0.0917. The summed E-state index contributed by atoms with van der Waals surface area (Å²) in [5, 5.41) is 0. The van der Waals surface area contributed by atoms with Gasteiger partial charge in [-0.05, 0) is 52.7 Å². The first-order chi connectivity index (χ1) is 15.8. The molecule has 0 radical (unpaired) electrons. The van der Waals surface area contributed by atoms with E-state index in [9.17, 15) is 9.59 Å². The molecule has 2 bridgehead atoms. The minimum Gasteiger partial charge on any atom is -0.354 e. The predicted molar refractivity (Wildman–Crippen MR) is 134 cm³/mol. The van der Waals surface area contributed by atoms with Crippen molar-refractivity contribution in [1.29, 1.82) is 0 Å². The van der Waals surface area contributed by atoms with E-state index in [0.717, 1.165) is 95.2 Å². The number of nitrogens with one attached hydrogen (secondary N) is 1. The minimum atomic E-state index is 0.0635. The number of fused-ring (bicyclic) bond motifs is 6. The Morgan fingerprint density at radius 3 is 1.39 bits per heavy atom. The summed E-state index contributed by atoms with van der Waals surface area (Å²) in [4.78, 5) is 30.6. The number of unbranched alkanes of at least 4 members (excludes halogenated alkanes) is 2. The number of Topliss-reactive ketones (excluding diaryl/α,β-unsaturated/α-hetero) is 2. The van der Waals surface area contributed by atoms with Crippen molar-refractivity contribution >= 4 is 11.6 Å². The Morgan fingerprint density at radius 1 is 0.667 bits per heavy atom. The van der Waals surface area contributed by atoms with Gasteiger partial charge < -0.3 is 14.1 Å². The van der Waals surface area contributed by atoms with E-state index >= 15 is 0 Å². The molecule has 0 unspecified atom stereocenters. The Bertz CT molecular complexity index is 1130. The molecule has 5 heteroatoms. The van der Waals surface area contributed by atoms with Gasteiger partial charge >= 0.3 is 0 Å². The highest BCUT2D eigenvalue weighted by Gasteiger charge is 2.30. The fourth-order valence-corrected chi connectivity index (χ4v) is 5.58. The topological polar surface area (TPSA) is 59.8 Å². The third-order valence-corrected chi connectivity index (χ3v) is 7.40. The van der Waals surface area contributed by atoms with Gasteiger partial charge in [0.25, 0.3) is 0 Å². The average Bonchev–Trinajstić information content (AvgIpc) is 3.42. The maximum atomic E-state index is 13.5. The molecule has 1 aliphatic heterocycles. The molecule has 0 fully saturated rings. The second kappa shape index (κ2) is 9.20. The highest BCUT2D eigenvalue weighted by atomic mass is 16.1. The highest BCUT2D eigenvalue weighted by Crippen LogP contribution is 2.39. The van der Waals surface area contributed by atoms with Crippen molar-refractivity contribution in [2.45, 2.75) is 93.2 Å². The normalized spacial score (nSPS) is 13.8. The zero-order chi connectivity index (χ0) is 23.9. The molecule has 4 heterocycles. The largest absolute Gasteiger partial charge is 0.354 e. The second-order valence-corrected chi connectivity index (χ2v) is 9.48. The summed E-state index contributed by atoms with van der Waals surface area (Å²) in [6, 6.07) is 4.15. The smallest absolute Gasteiger partial charge is 0.165 e. The Hall–Kier alpha value is -2.82. The van der Waals surface area contributed by atoms with Gasteiger partial charge in [-0.3, -0.25) is 9.59 Å². The summed E-state index contributed by atoms with van der Waals surface area (Å²) in [6.07, 6.45) is 4.85. The van der Waals surface area contributed by atoms with Crippen LogP contribution in [0.4, 0.5) is 0 Å². The molecule has 0 spiro atoms. The number of H-pyrrole nitrogens is 1. The van der Waals surface area contributed by atoms with E-state index < -0.39 is 0 Å². The molecule has 0 aliphatic carbocycles. The predicted octanol–water partition coefficient (Wildman–Crippen LogP) is 6.94. The number of aromatic amines is 1. The molecule has 3 aromatic rings. The van der Waals surface area contributed by atoms with Crippen LogP contribution in [0.2, 0.25) is 0 Å². The number of carbonyl (C=O) groups is 2. The molecule has 0 amide bonds. The molecular weight excluding hydrogens is 410 g/mol. The van der Waals surface area contributed by atoms with Crippen molar-refractivity contribution in [3.8, 4) is 22.5 Å². The molecule has 1 aliphatic rings. The molecule has 0 aromatic carbocycles. The third-order valence-electron chi connectivity index (χ3n) is 7.40. The lowest BCUT2D eigenvalue weighted by Crippen LogP contribution is -2.09. The van der Waals surface area contributed by atoms with Gasteiger partial charge in [-0.25, -0.2) is 0 Å². The zero-order valence-electron chi connectivity index (χ0n) is 21.0.